The minimum Gasteiger partial charge on any atom is -0.370 e. The van der Waals surface area contributed by atoms with E-state index < -0.39 is 23.8 Å². The third kappa shape index (κ3) is 18.3. The van der Waals surface area contributed by atoms with Crippen molar-refractivity contribution in [2.45, 2.75) is 162 Å². The summed E-state index contributed by atoms with van der Waals surface area (Å²) in [5.74, 6) is -2.02. The molecule has 0 bridgehead atoms. The van der Waals surface area contributed by atoms with Gasteiger partial charge in [0.15, 0.2) is 11.7 Å². The van der Waals surface area contributed by atoms with E-state index in [1.807, 2.05) is 13.8 Å². The molecule has 2 aromatic rings. The van der Waals surface area contributed by atoms with Crippen LogP contribution in [0.4, 0.5) is 4.39 Å². The van der Waals surface area contributed by atoms with E-state index in [1.165, 1.54) is 83.3 Å². The van der Waals surface area contributed by atoms with Gasteiger partial charge in [0.25, 0.3) is 0 Å². The van der Waals surface area contributed by atoms with Crippen LogP contribution in [0.25, 0.3) is 10.9 Å². The number of fused-ring (bicyclic) bond motifs is 1. The van der Waals surface area contributed by atoms with Gasteiger partial charge in [-0.15, -0.1) is 0 Å². The molecule has 52 heavy (non-hydrogen) atoms. The molecule has 292 valence electrons. The predicted molar refractivity (Wildman–Crippen MR) is 210 cm³/mol. The van der Waals surface area contributed by atoms with E-state index in [-0.39, 0.29) is 60.9 Å². The van der Waals surface area contributed by atoms with E-state index in [0.717, 1.165) is 30.2 Å². The molecule has 0 unspecified atom stereocenters. The molecule has 9 nitrogen and oxygen atoms in total. The van der Waals surface area contributed by atoms with E-state index in [9.17, 15) is 23.6 Å². The van der Waals surface area contributed by atoms with Gasteiger partial charge in [-0.25, -0.2) is 4.39 Å². The molecule has 1 aromatic carbocycles. The molecular formula is C42H68FN5O4. The molecule has 1 heterocycles. The van der Waals surface area contributed by atoms with Crippen molar-refractivity contribution in [3.8, 4) is 0 Å². The first-order valence-corrected chi connectivity index (χ1v) is 20.1. The molecule has 1 aromatic heterocycles. The number of guanidine groups is 1. The topological polar surface area (TPSA) is 160 Å². The molecule has 0 aliphatic carbocycles. The van der Waals surface area contributed by atoms with Crippen LogP contribution in [-0.2, 0) is 25.6 Å². The molecule has 2 rings (SSSR count). The van der Waals surface area contributed by atoms with Crippen LogP contribution in [0, 0.1) is 23.6 Å². The van der Waals surface area contributed by atoms with Crippen LogP contribution < -0.4 is 16.8 Å². The molecule has 3 atom stereocenters. The van der Waals surface area contributed by atoms with Crippen LogP contribution in [0.5, 0.6) is 0 Å². The van der Waals surface area contributed by atoms with E-state index in [4.69, 9.17) is 11.5 Å². The number of rotatable bonds is 30. The Kier molecular flexibility index (Phi) is 21.8. The highest BCUT2D eigenvalue weighted by Gasteiger charge is 2.30. The Hall–Kier alpha value is -3.56. The number of benzene rings is 1. The zero-order chi connectivity index (χ0) is 38.3. The van der Waals surface area contributed by atoms with Crippen LogP contribution in [0.1, 0.15) is 155 Å². The number of unbranched alkanes of at least 4 members (excludes halogenated alkanes) is 12. The summed E-state index contributed by atoms with van der Waals surface area (Å²) in [6.07, 6.45) is 19.6. The standard InChI is InChI=1S/C42H68FN5O4/c1-5-6-7-8-9-10-11-12-13-14-15-16-17-19-36(50)26-33(25-34-29-47-39-28-35(43)21-22-37(34)39)41(52)48-38(20-18-23-46-42(44)45)40(51)27-32(31(4)49)24-30(2)3/h21-22,28-30,32-33,38,47H,5-20,23-27H2,1-4H3,(H,48,52)(H4,44,45,46)/t32-,33-,38+/m1/s1. The second-order valence-corrected chi connectivity index (χ2v) is 15.3. The molecule has 0 fully saturated rings. The Bertz CT molecular complexity index is 1400. The van der Waals surface area contributed by atoms with Gasteiger partial charge in [0.05, 0.1) is 6.04 Å². The van der Waals surface area contributed by atoms with E-state index in [1.54, 1.807) is 12.3 Å². The molecule has 1 amide bonds. The second kappa shape index (κ2) is 25.4. The van der Waals surface area contributed by atoms with Gasteiger partial charge in [0.1, 0.15) is 17.4 Å². The fraction of sp³-hybridized carbons (Fsp3) is 0.690. The lowest BCUT2D eigenvalue weighted by molar-refractivity contribution is -0.133. The summed E-state index contributed by atoms with van der Waals surface area (Å²) in [6.45, 7) is 8.05. The first-order valence-electron chi connectivity index (χ1n) is 20.1. The number of ketones is 3. The predicted octanol–water partition coefficient (Wildman–Crippen LogP) is 8.66. The Balaban J connectivity index is 2.06. The zero-order valence-corrected chi connectivity index (χ0v) is 32.6. The summed E-state index contributed by atoms with van der Waals surface area (Å²) in [7, 11) is 0. The number of hydrogen-bond donors (Lipinski definition) is 4. The van der Waals surface area contributed by atoms with Crippen LogP contribution in [0.3, 0.4) is 0 Å². The quantitative estimate of drug-likeness (QED) is 0.0358. The lowest BCUT2D eigenvalue weighted by Crippen LogP contribution is -2.45. The Morgan fingerprint density at radius 2 is 1.46 bits per heavy atom. The number of hydrogen-bond acceptors (Lipinski definition) is 5. The zero-order valence-electron chi connectivity index (χ0n) is 32.6. The van der Waals surface area contributed by atoms with Crippen molar-refractivity contribution in [1.29, 1.82) is 0 Å². The minimum absolute atomic E-state index is 0.0123. The first kappa shape index (κ1) is 44.6. The molecule has 0 radical (unpaired) electrons. The highest BCUT2D eigenvalue weighted by Crippen LogP contribution is 2.25. The lowest BCUT2D eigenvalue weighted by atomic mass is 9.86. The molecule has 0 aliphatic heterocycles. The van der Waals surface area contributed by atoms with E-state index in [2.05, 4.69) is 22.2 Å². The van der Waals surface area contributed by atoms with Gasteiger partial charge >= 0.3 is 0 Å². The van der Waals surface area contributed by atoms with Gasteiger partial charge in [0, 0.05) is 54.7 Å². The number of aliphatic imine (C=N–C) groups is 1. The number of H-pyrrole nitrogens is 1. The highest BCUT2D eigenvalue weighted by molar-refractivity contribution is 5.94. The monoisotopic (exact) mass is 726 g/mol. The van der Waals surface area contributed by atoms with Gasteiger partial charge in [-0.3, -0.25) is 24.2 Å². The number of Topliss-reactive ketones (excluding diaryl/α,β-unsaturated/α-hetero) is 3. The maximum absolute atomic E-state index is 14.0. The van der Waals surface area contributed by atoms with Crippen molar-refractivity contribution in [2.24, 2.45) is 34.2 Å². The fourth-order valence-electron chi connectivity index (χ4n) is 7.02. The number of aromatic amines is 1. The van der Waals surface area contributed by atoms with Crippen molar-refractivity contribution >= 4 is 40.1 Å². The van der Waals surface area contributed by atoms with Crippen LogP contribution in [0.15, 0.2) is 29.4 Å². The van der Waals surface area contributed by atoms with Crippen molar-refractivity contribution in [1.82, 2.24) is 10.3 Å². The van der Waals surface area contributed by atoms with Gasteiger partial charge in [0.2, 0.25) is 5.91 Å². The smallest absolute Gasteiger partial charge is 0.224 e. The fourth-order valence-corrected chi connectivity index (χ4v) is 7.02. The van der Waals surface area contributed by atoms with E-state index >= 15 is 0 Å². The van der Waals surface area contributed by atoms with Crippen molar-refractivity contribution in [3.05, 3.63) is 35.8 Å². The number of nitrogens with one attached hydrogen (secondary N) is 2. The largest absolute Gasteiger partial charge is 0.370 e. The highest BCUT2D eigenvalue weighted by atomic mass is 19.1. The molecule has 10 heteroatoms. The minimum atomic E-state index is -0.855. The summed E-state index contributed by atoms with van der Waals surface area (Å²) < 4.78 is 13.9. The molecule has 0 saturated carbocycles. The molecular weight excluding hydrogens is 657 g/mol. The van der Waals surface area contributed by atoms with Crippen LogP contribution >= 0.6 is 0 Å². The summed E-state index contributed by atoms with van der Waals surface area (Å²) in [5.41, 5.74) is 12.4. The average Bonchev–Trinajstić information content (AvgIpc) is 3.48. The number of carbonyl (C=O) groups excluding carboxylic acids is 4. The number of carbonyl (C=O) groups is 4. The van der Waals surface area contributed by atoms with Crippen molar-refractivity contribution in [2.75, 3.05) is 6.54 Å². The average molecular weight is 726 g/mol. The Morgan fingerprint density at radius 1 is 0.846 bits per heavy atom. The number of nitrogens with two attached hydrogens (primary N) is 2. The molecule has 0 saturated heterocycles. The molecule has 6 N–H and O–H groups in total. The normalized spacial score (nSPS) is 13.2. The number of amides is 1. The van der Waals surface area contributed by atoms with Gasteiger partial charge in [-0.2, -0.15) is 0 Å². The van der Waals surface area contributed by atoms with Gasteiger partial charge in [-0.05, 0) is 68.7 Å². The van der Waals surface area contributed by atoms with E-state index in [0.29, 0.717) is 31.2 Å². The first-order chi connectivity index (χ1) is 24.9. The van der Waals surface area contributed by atoms with Gasteiger partial charge < -0.3 is 21.8 Å². The number of halogens is 1. The van der Waals surface area contributed by atoms with Gasteiger partial charge in [-0.1, -0.05) is 97.8 Å². The maximum Gasteiger partial charge on any atom is 0.224 e. The van der Waals surface area contributed by atoms with Crippen LogP contribution in [0.2, 0.25) is 0 Å². The maximum atomic E-state index is 14.0. The SMILES string of the molecule is CCCCCCCCCCCCCCCC(=O)C[C@@H](Cc1c[nH]c2cc(F)ccc12)C(=O)N[C@@H](CCCN=C(N)N)C(=O)C[C@@H](CC(C)C)C(C)=O. The third-order valence-electron chi connectivity index (χ3n) is 10.0. The summed E-state index contributed by atoms with van der Waals surface area (Å²) in [6, 6.07) is 3.60. The number of aromatic nitrogens is 1. The second-order valence-electron chi connectivity index (χ2n) is 15.3. The summed E-state index contributed by atoms with van der Waals surface area (Å²) >= 11 is 0. The number of nitrogens with zero attached hydrogens (tertiary/aromatic N) is 1. The van der Waals surface area contributed by atoms with Crippen molar-refractivity contribution in [3.63, 3.8) is 0 Å². The Labute approximate surface area is 312 Å². The lowest BCUT2D eigenvalue weighted by Gasteiger charge is -2.24. The molecule has 0 spiro atoms. The third-order valence-corrected chi connectivity index (χ3v) is 10.0. The molecule has 0 aliphatic rings. The van der Waals surface area contributed by atoms with Crippen LogP contribution in [-0.4, -0.2) is 46.8 Å². The Morgan fingerprint density at radius 3 is 2.04 bits per heavy atom. The summed E-state index contributed by atoms with van der Waals surface area (Å²) in [5, 5.41) is 3.75. The summed E-state index contributed by atoms with van der Waals surface area (Å²) in [4.78, 5) is 60.5. The van der Waals surface area contributed by atoms with Crippen molar-refractivity contribution < 1.29 is 23.6 Å².